The smallest absolute Gasteiger partial charge is 0.251 e. The molecule has 0 radical (unpaired) electrons. The van der Waals surface area contributed by atoms with Crippen molar-refractivity contribution in [1.29, 1.82) is 0 Å². The second-order valence-corrected chi connectivity index (χ2v) is 9.20. The van der Waals surface area contributed by atoms with Crippen molar-refractivity contribution in [3.05, 3.63) is 94.0 Å². The molecule has 2 atom stereocenters. The number of fused-ring (bicyclic) bond motifs is 2. The van der Waals surface area contributed by atoms with Gasteiger partial charge in [-0.15, -0.1) is 0 Å². The Morgan fingerprint density at radius 2 is 1.73 bits per heavy atom. The maximum atomic E-state index is 14.4. The lowest BCUT2D eigenvalue weighted by Crippen LogP contribution is -2.35. The molecule has 0 spiro atoms. The van der Waals surface area contributed by atoms with Crippen LogP contribution in [0.5, 0.6) is 0 Å². The van der Waals surface area contributed by atoms with Gasteiger partial charge in [0.05, 0.1) is 0 Å². The number of hydrogen-bond donors (Lipinski definition) is 2. The van der Waals surface area contributed by atoms with Gasteiger partial charge in [0.1, 0.15) is 11.6 Å². The molecule has 1 aliphatic carbocycles. The Labute approximate surface area is 193 Å². The lowest BCUT2D eigenvalue weighted by molar-refractivity contribution is 0.0934. The average molecular weight is 447 g/mol. The Bertz CT molecular complexity index is 1200. The number of carbonyl (C=O) groups excluding carboxylic acids is 1. The molecule has 33 heavy (non-hydrogen) atoms. The van der Waals surface area contributed by atoms with Crippen molar-refractivity contribution in [2.24, 2.45) is 0 Å². The van der Waals surface area contributed by atoms with E-state index in [0.717, 1.165) is 61.5 Å². The van der Waals surface area contributed by atoms with Gasteiger partial charge in [-0.1, -0.05) is 31.2 Å². The summed E-state index contributed by atoms with van der Waals surface area (Å²) in [6, 6.07) is 15.8. The molecule has 0 aromatic heterocycles. The zero-order chi connectivity index (χ0) is 22.9. The molecule has 3 aromatic carbocycles. The molecule has 0 saturated carbocycles. The minimum Gasteiger partial charge on any atom is -0.349 e. The van der Waals surface area contributed by atoms with Gasteiger partial charge in [0, 0.05) is 29.2 Å². The summed E-state index contributed by atoms with van der Waals surface area (Å²) in [5.74, 6) is -1.10. The second kappa shape index (κ2) is 9.06. The first-order chi connectivity index (χ1) is 16.0. The third kappa shape index (κ3) is 4.42. The van der Waals surface area contributed by atoms with Crippen LogP contribution in [-0.2, 0) is 6.42 Å². The summed E-state index contributed by atoms with van der Waals surface area (Å²) in [6.45, 7) is 4.06. The van der Waals surface area contributed by atoms with Gasteiger partial charge in [-0.2, -0.15) is 0 Å². The minimum atomic E-state index is -0.581. The van der Waals surface area contributed by atoms with Crippen LogP contribution in [0.4, 0.5) is 8.78 Å². The highest BCUT2D eigenvalue weighted by atomic mass is 19.1. The van der Waals surface area contributed by atoms with Crippen molar-refractivity contribution < 1.29 is 13.6 Å². The molecule has 1 amide bonds. The standard InChI is InChI=1S/C28H28F2N2O/c1-17-25-14-20(24-9-8-22(29)16-27(24)30)5-4-18(25)13-19-6-7-21(15-26(17)19)28(33)32-23-3-2-11-31-12-10-23/h4-9,14-17,23,31H,2-3,10-13H2,1H3,(H,32,33)/t17-,23?/m1/s1. The first-order valence-corrected chi connectivity index (χ1v) is 11.7. The molecule has 1 unspecified atom stereocenters. The number of benzene rings is 3. The van der Waals surface area contributed by atoms with Gasteiger partial charge in [-0.3, -0.25) is 4.79 Å². The number of halogens is 2. The topological polar surface area (TPSA) is 41.1 Å². The Hall–Kier alpha value is -3.05. The van der Waals surface area contributed by atoms with Crippen molar-refractivity contribution in [1.82, 2.24) is 10.6 Å². The summed E-state index contributed by atoms with van der Waals surface area (Å²) in [5.41, 5.74) is 6.48. The Morgan fingerprint density at radius 3 is 2.55 bits per heavy atom. The first kappa shape index (κ1) is 21.8. The molecule has 3 aromatic rings. The van der Waals surface area contributed by atoms with Crippen LogP contribution in [0.1, 0.15) is 64.7 Å². The normalized spacial score (nSPS) is 19.8. The summed E-state index contributed by atoms with van der Waals surface area (Å²) < 4.78 is 27.7. The zero-order valence-electron chi connectivity index (χ0n) is 18.8. The fourth-order valence-corrected chi connectivity index (χ4v) is 5.16. The van der Waals surface area contributed by atoms with Crippen LogP contribution in [0.15, 0.2) is 54.6 Å². The summed E-state index contributed by atoms with van der Waals surface area (Å²) in [6.07, 6.45) is 3.79. The zero-order valence-corrected chi connectivity index (χ0v) is 18.8. The quantitative estimate of drug-likeness (QED) is 0.553. The van der Waals surface area contributed by atoms with E-state index in [9.17, 15) is 13.6 Å². The maximum absolute atomic E-state index is 14.4. The number of rotatable bonds is 3. The lowest BCUT2D eigenvalue weighted by Gasteiger charge is -2.27. The largest absolute Gasteiger partial charge is 0.349 e. The second-order valence-electron chi connectivity index (χ2n) is 9.20. The summed E-state index contributed by atoms with van der Waals surface area (Å²) in [4.78, 5) is 13.0. The Morgan fingerprint density at radius 1 is 0.939 bits per heavy atom. The highest BCUT2D eigenvalue weighted by Crippen LogP contribution is 2.39. The average Bonchev–Trinajstić information content (AvgIpc) is 3.08. The van der Waals surface area contributed by atoms with E-state index < -0.39 is 11.6 Å². The van der Waals surface area contributed by atoms with Crippen molar-refractivity contribution in [2.45, 2.75) is 44.6 Å². The highest BCUT2D eigenvalue weighted by molar-refractivity contribution is 5.94. The van der Waals surface area contributed by atoms with Gasteiger partial charge in [0.15, 0.2) is 0 Å². The van der Waals surface area contributed by atoms with Crippen LogP contribution in [0, 0.1) is 11.6 Å². The minimum absolute atomic E-state index is 0.0233. The van der Waals surface area contributed by atoms with E-state index in [0.29, 0.717) is 11.1 Å². The molecular weight excluding hydrogens is 418 g/mol. The van der Waals surface area contributed by atoms with Crippen molar-refractivity contribution in [3.8, 4) is 11.1 Å². The first-order valence-electron chi connectivity index (χ1n) is 11.7. The molecule has 2 aliphatic rings. The van der Waals surface area contributed by atoms with Crippen LogP contribution < -0.4 is 10.6 Å². The van der Waals surface area contributed by atoms with Crippen LogP contribution in [0.2, 0.25) is 0 Å². The Kier molecular flexibility index (Phi) is 5.98. The fraction of sp³-hybridized carbons (Fsp3) is 0.321. The Balaban J connectivity index is 1.42. The van der Waals surface area contributed by atoms with Gasteiger partial charge in [-0.25, -0.2) is 8.78 Å². The molecule has 3 nitrogen and oxygen atoms in total. The molecule has 0 bridgehead atoms. The predicted molar refractivity (Wildman–Crippen MR) is 127 cm³/mol. The van der Waals surface area contributed by atoms with Gasteiger partial charge < -0.3 is 10.6 Å². The number of carbonyl (C=O) groups is 1. The van der Waals surface area contributed by atoms with E-state index in [-0.39, 0.29) is 17.9 Å². The molecule has 1 saturated heterocycles. The van der Waals surface area contributed by atoms with Gasteiger partial charge in [0.2, 0.25) is 0 Å². The molecule has 170 valence electrons. The van der Waals surface area contributed by atoms with E-state index in [4.69, 9.17) is 0 Å². The molecule has 5 rings (SSSR count). The van der Waals surface area contributed by atoms with Crippen molar-refractivity contribution in [3.63, 3.8) is 0 Å². The van der Waals surface area contributed by atoms with Crippen LogP contribution in [0.25, 0.3) is 11.1 Å². The third-order valence-corrected chi connectivity index (χ3v) is 7.02. The summed E-state index contributed by atoms with van der Waals surface area (Å²) >= 11 is 0. The summed E-state index contributed by atoms with van der Waals surface area (Å²) in [5, 5.41) is 6.58. The molecule has 2 N–H and O–H groups in total. The van der Waals surface area contributed by atoms with Gasteiger partial charge >= 0.3 is 0 Å². The fourth-order valence-electron chi connectivity index (χ4n) is 5.16. The lowest BCUT2D eigenvalue weighted by atomic mass is 9.77. The van der Waals surface area contributed by atoms with E-state index in [1.165, 1.54) is 23.3 Å². The van der Waals surface area contributed by atoms with Gasteiger partial charge in [0.25, 0.3) is 5.91 Å². The molecular formula is C28H28F2N2O. The number of amides is 1. The monoisotopic (exact) mass is 446 g/mol. The van der Waals surface area contributed by atoms with Crippen LogP contribution in [-0.4, -0.2) is 25.0 Å². The predicted octanol–water partition coefficient (Wildman–Crippen LogP) is 5.56. The third-order valence-electron chi connectivity index (χ3n) is 7.02. The highest BCUT2D eigenvalue weighted by Gasteiger charge is 2.25. The molecule has 1 aliphatic heterocycles. The molecule has 1 heterocycles. The summed E-state index contributed by atoms with van der Waals surface area (Å²) in [7, 11) is 0. The van der Waals surface area contributed by atoms with Crippen LogP contribution in [0.3, 0.4) is 0 Å². The number of hydrogen-bond acceptors (Lipinski definition) is 2. The van der Waals surface area contributed by atoms with Crippen LogP contribution >= 0.6 is 0 Å². The maximum Gasteiger partial charge on any atom is 0.251 e. The molecule has 5 heteroatoms. The van der Waals surface area contributed by atoms with Crippen molar-refractivity contribution in [2.75, 3.05) is 13.1 Å². The van der Waals surface area contributed by atoms with E-state index >= 15 is 0 Å². The van der Waals surface area contributed by atoms with E-state index in [2.05, 4.69) is 23.6 Å². The van der Waals surface area contributed by atoms with Gasteiger partial charge in [-0.05, 0) is 90.9 Å². The van der Waals surface area contributed by atoms with E-state index in [1.54, 1.807) is 0 Å². The van der Waals surface area contributed by atoms with E-state index in [1.807, 2.05) is 30.3 Å². The van der Waals surface area contributed by atoms with Crippen molar-refractivity contribution >= 4 is 5.91 Å². The number of nitrogens with one attached hydrogen (secondary N) is 2. The molecule has 1 fully saturated rings. The SMILES string of the molecule is C[C@H]1c2cc(C(=O)NC3CCCNCC3)ccc2Cc2ccc(-c3ccc(F)cc3F)cc21.